The number of ether oxygens (including phenoxy) is 1. The number of hydrogen-bond donors (Lipinski definition) is 1. The SMILES string of the molecule is CCOc1cccn2c(C(=O)Nc3ccccc3F)c(CC)nc12. The molecule has 6 heteroatoms. The van der Waals surface area contributed by atoms with Crippen LogP contribution < -0.4 is 10.1 Å². The van der Waals surface area contributed by atoms with Gasteiger partial charge in [0, 0.05) is 6.20 Å². The fourth-order valence-corrected chi connectivity index (χ4v) is 2.59. The molecule has 0 bridgehead atoms. The number of amides is 1. The second-order valence-electron chi connectivity index (χ2n) is 5.19. The van der Waals surface area contributed by atoms with Gasteiger partial charge in [-0.25, -0.2) is 9.37 Å². The van der Waals surface area contributed by atoms with Gasteiger partial charge in [0.05, 0.1) is 18.0 Å². The largest absolute Gasteiger partial charge is 0.490 e. The number of nitrogens with one attached hydrogen (secondary N) is 1. The van der Waals surface area contributed by atoms with E-state index in [1.54, 1.807) is 28.8 Å². The molecule has 2 heterocycles. The van der Waals surface area contributed by atoms with Crippen molar-refractivity contribution in [3.8, 4) is 5.75 Å². The molecular weight excluding hydrogens is 309 g/mol. The quantitative estimate of drug-likeness (QED) is 0.777. The zero-order valence-electron chi connectivity index (χ0n) is 13.5. The third-order valence-corrected chi connectivity index (χ3v) is 3.66. The zero-order valence-corrected chi connectivity index (χ0v) is 13.5. The van der Waals surface area contributed by atoms with Gasteiger partial charge in [-0.3, -0.25) is 9.20 Å². The van der Waals surface area contributed by atoms with Crippen molar-refractivity contribution in [2.75, 3.05) is 11.9 Å². The molecule has 0 aliphatic carbocycles. The van der Waals surface area contributed by atoms with Crippen molar-refractivity contribution in [2.24, 2.45) is 0 Å². The van der Waals surface area contributed by atoms with Crippen molar-refractivity contribution in [2.45, 2.75) is 20.3 Å². The summed E-state index contributed by atoms with van der Waals surface area (Å²) in [4.78, 5) is 17.2. The molecule has 0 saturated heterocycles. The number of para-hydroxylation sites is 1. The second-order valence-corrected chi connectivity index (χ2v) is 5.19. The van der Waals surface area contributed by atoms with Gasteiger partial charge in [-0.15, -0.1) is 0 Å². The van der Waals surface area contributed by atoms with Gasteiger partial charge in [0.1, 0.15) is 11.5 Å². The Bertz CT molecular complexity index is 889. The van der Waals surface area contributed by atoms with Crippen LogP contribution in [-0.4, -0.2) is 21.9 Å². The van der Waals surface area contributed by atoms with Gasteiger partial charge in [-0.05, 0) is 37.6 Å². The van der Waals surface area contributed by atoms with Crippen LogP contribution in [0.2, 0.25) is 0 Å². The van der Waals surface area contributed by atoms with Crippen molar-refractivity contribution in [1.29, 1.82) is 0 Å². The fourth-order valence-electron chi connectivity index (χ4n) is 2.59. The topological polar surface area (TPSA) is 55.6 Å². The number of benzene rings is 1. The Morgan fingerprint density at radius 2 is 2.04 bits per heavy atom. The Morgan fingerprint density at radius 3 is 2.75 bits per heavy atom. The molecule has 0 atom stereocenters. The maximum Gasteiger partial charge on any atom is 0.274 e. The zero-order chi connectivity index (χ0) is 17.1. The maximum atomic E-state index is 13.8. The smallest absolute Gasteiger partial charge is 0.274 e. The van der Waals surface area contributed by atoms with Crippen LogP contribution in [0.1, 0.15) is 30.0 Å². The summed E-state index contributed by atoms with van der Waals surface area (Å²) in [6.07, 6.45) is 2.33. The van der Waals surface area contributed by atoms with E-state index in [0.29, 0.717) is 35.8 Å². The molecule has 1 N–H and O–H groups in total. The molecule has 5 nitrogen and oxygen atoms in total. The highest BCUT2D eigenvalue weighted by Crippen LogP contribution is 2.24. The first-order valence-electron chi connectivity index (χ1n) is 7.84. The lowest BCUT2D eigenvalue weighted by atomic mass is 10.2. The molecule has 0 fully saturated rings. The van der Waals surface area contributed by atoms with E-state index in [1.807, 2.05) is 19.9 Å². The molecule has 0 radical (unpaired) electrons. The lowest BCUT2D eigenvalue weighted by Gasteiger charge is -2.08. The van der Waals surface area contributed by atoms with Gasteiger partial charge >= 0.3 is 0 Å². The van der Waals surface area contributed by atoms with Crippen LogP contribution in [0.15, 0.2) is 42.6 Å². The first kappa shape index (κ1) is 16.0. The minimum absolute atomic E-state index is 0.139. The number of rotatable bonds is 5. The summed E-state index contributed by atoms with van der Waals surface area (Å²) in [6.45, 7) is 4.31. The molecule has 1 aromatic carbocycles. The monoisotopic (exact) mass is 327 g/mol. The van der Waals surface area contributed by atoms with E-state index in [0.717, 1.165) is 0 Å². The molecule has 24 heavy (non-hydrogen) atoms. The summed E-state index contributed by atoms with van der Waals surface area (Å²) in [7, 11) is 0. The molecule has 0 saturated carbocycles. The minimum atomic E-state index is -0.479. The van der Waals surface area contributed by atoms with E-state index in [9.17, 15) is 9.18 Å². The van der Waals surface area contributed by atoms with Gasteiger partial charge < -0.3 is 10.1 Å². The highest BCUT2D eigenvalue weighted by molar-refractivity contribution is 6.04. The molecule has 1 amide bonds. The van der Waals surface area contributed by atoms with Crippen LogP contribution in [0.25, 0.3) is 5.65 Å². The Kier molecular flexibility index (Phi) is 4.46. The third-order valence-electron chi connectivity index (χ3n) is 3.66. The molecular formula is C18H18FN3O2. The van der Waals surface area contributed by atoms with Gasteiger partial charge in [-0.1, -0.05) is 19.1 Å². The number of imidazole rings is 1. The van der Waals surface area contributed by atoms with Crippen LogP contribution in [0.5, 0.6) is 5.75 Å². The Morgan fingerprint density at radius 1 is 1.25 bits per heavy atom. The number of carbonyl (C=O) groups is 1. The number of pyridine rings is 1. The van der Waals surface area contributed by atoms with Crippen molar-refractivity contribution in [1.82, 2.24) is 9.38 Å². The van der Waals surface area contributed by atoms with Crippen molar-refractivity contribution < 1.29 is 13.9 Å². The maximum absolute atomic E-state index is 13.8. The van der Waals surface area contributed by atoms with E-state index in [1.165, 1.54) is 12.1 Å². The van der Waals surface area contributed by atoms with Crippen LogP contribution >= 0.6 is 0 Å². The molecule has 124 valence electrons. The summed E-state index contributed by atoms with van der Waals surface area (Å²) >= 11 is 0. The number of fused-ring (bicyclic) bond motifs is 1. The third kappa shape index (κ3) is 2.82. The van der Waals surface area contributed by atoms with Gasteiger partial charge in [0.25, 0.3) is 5.91 Å². The summed E-state index contributed by atoms with van der Waals surface area (Å²) in [6, 6.07) is 9.67. The Hall–Kier alpha value is -2.89. The van der Waals surface area contributed by atoms with E-state index in [2.05, 4.69) is 10.3 Å². The van der Waals surface area contributed by atoms with Gasteiger partial charge in [0.15, 0.2) is 11.4 Å². The molecule has 0 spiro atoms. The first-order chi connectivity index (χ1) is 11.7. The predicted octanol–water partition coefficient (Wildman–Crippen LogP) is 3.69. The van der Waals surface area contributed by atoms with Gasteiger partial charge in [-0.2, -0.15) is 0 Å². The van der Waals surface area contributed by atoms with Crippen molar-refractivity contribution in [3.05, 3.63) is 59.8 Å². The van der Waals surface area contributed by atoms with Crippen LogP contribution in [0, 0.1) is 5.82 Å². The fraction of sp³-hybridized carbons (Fsp3) is 0.222. The number of hydrogen-bond acceptors (Lipinski definition) is 3. The number of carbonyl (C=O) groups excluding carboxylic acids is 1. The normalized spacial score (nSPS) is 10.8. The molecule has 0 aliphatic rings. The van der Waals surface area contributed by atoms with Gasteiger partial charge in [0.2, 0.25) is 0 Å². The summed E-state index contributed by atoms with van der Waals surface area (Å²) in [5.41, 5.74) is 1.74. The van der Waals surface area contributed by atoms with E-state index >= 15 is 0 Å². The summed E-state index contributed by atoms with van der Waals surface area (Å²) < 4.78 is 21.0. The lowest BCUT2D eigenvalue weighted by Crippen LogP contribution is -2.17. The van der Waals surface area contributed by atoms with Crippen LogP contribution in [0.4, 0.5) is 10.1 Å². The number of nitrogens with zero attached hydrogens (tertiary/aromatic N) is 2. The first-order valence-corrected chi connectivity index (χ1v) is 7.84. The average molecular weight is 327 g/mol. The number of halogens is 1. The van der Waals surface area contributed by atoms with E-state index in [4.69, 9.17) is 4.74 Å². The Labute approximate surface area is 139 Å². The highest BCUT2D eigenvalue weighted by Gasteiger charge is 2.21. The number of aromatic nitrogens is 2. The molecule has 3 rings (SSSR count). The second kappa shape index (κ2) is 6.70. The molecule has 3 aromatic rings. The van der Waals surface area contributed by atoms with Crippen LogP contribution in [0.3, 0.4) is 0 Å². The molecule has 0 unspecified atom stereocenters. The summed E-state index contributed by atoms with van der Waals surface area (Å²) in [5.74, 6) is -0.273. The lowest BCUT2D eigenvalue weighted by molar-refractivity contribution is 0.102. The Balaban J connectivity index is 2.06. The van der Waals surface area contributed by atoms with Crippen molar-refractivity contribution in [3.63, 3.8) is 0 Å². The number of aryl methyl sites for hydroxylation is 1. The number of anilines is 1. The highest BCUT2D eigenvalue weighted by atomic mass is 19.1. The van der Waals surface area contributed by atoms with E-state index < -0.39 is 11.7 Å². The van der Waals surface area contributed by atoms with Crippen molar-refractivity contribution >= 4 is 17.2 Å². The molecule has 2 aromatic heterocycles. The predicted molar refractivity (Wildman–Crippen MR) is 90.1 cm³/mol. The van der Waals surface area contributed by atoms with E-state index in [-0.39, 0.29) is 5.69 Å². The molecule has 0 aliphatic heterocycles. The standard InChI is InChI=1S/C18H18FN3O2/c1-3-13-16(18(23)21-14-9-6-5-8-12(14)19)22-11-7-10-15(24-4-2)17(22)20-13/h5-11H,3-4H2,1-2H3,(H,21,23). The van der Waals surface area contributed by atoms with Crippen LogP contribution in [-0.2, 0) is 6.42 Å². The summed E-state index contributed by atoms with van der Waals surface area (Å²) in [5, 5.41) is 2.62. The minimum Gasteiger partial charge on any atom is -0.490 e. The average Bonchev–Trinajstić information content (AvgIpc) is 2.97.